The third-order valence-corrected chi connectivity index (χ3v) is 5.56. The number of carbonyl (C=O) groups excluding carboxylic acids is 1. The van der Waals surface area contributed by atoms with E-state index in [1.54, 1.807) is 0 Å². The highest BCUT2D eigenvalue weighted by atomic mass is 32.1. The lowest BCUT2D eigenvalue weighted by Gasteiger charge is -2.32. The number of fused-ring (bicyclic) bond motifs is 1. The first-order valence-corrected chi connectivity index (χ1v) is 9.06. The fourth-order valence-corrected chi connectivity index (χ4v) is 3.18. The summed E-state index contributed by atoms with van der Waals surface area (Å²) in [5, 5.41) is 2.12. The molecule has 0 radical (unpaired) electrons. The monoisotopic (exact) mass is 354 g/mol. The lowest BCUT2D eigenvalue weighted by Crippen LogP contribution is -2.41. The lowest BCUT2D eigenvalue weighted by atomic mass is 9.77. The number of rotatable bonds is 4. The van der Waals surface area contributed by atoms with Gasteiger partial charge in [-0.2, -0.15) is 12.6 Å². The van der Waals surface area contributed by atoms with E-state index in [2.05, 4.69) is 12.6 Å². The predicted molar refractivity (Wildman–Crippen MR) is 107 cm³/mol. The highest BCUT2D eigenvalue weighted by molar-refractivity contribution is 7.80. The van der Waals surface area contributed by atoms with Crippen molar-refractivity contribution in [1.82, 2.24) is 0 Å². The molecule has 0 saturated carbocycles. The van der Waals surface area contributed by atoms with E-state index in [9.17, 15) is 4.79 Å². The Morgan fingerprint density at radius 2 is 1.72 bits per heavy atom. The minimum absolute atomic E-state index is 0.411. The van der Waals surface area contributed by atoms with Gasteiger partial charge in [-0.1, -0.05) is 42.5 Å². The minimum atomic E-state index is -0.471. The summed E-state index contributed by atoms with van der Waals surface area (Å²) in [7, 11) is -0.471. The van der Waals surface area contributed by atoms with Gasteiger partial charge in [-0.15, -0.1) is 0 Å². The van der Waals surface area contributed by atoms with Crippen LogP contribution < -0.4 is 0 Å². The Balaban J connectivity index is 2.10. The van der Waals surface area contributed by atoms with E-state index in [4.69, 9.17) is 9.31 Å². The molecule has 1 heterocycles. The van der Waals surface area contributed by atoms with Crippen molar-refractivity contribution < 1.29 is 14.1 Å². The number of benzene rings is 2. The van der Waals surface area contributed by atoms with E-state index >= 15 is 0 Å². The van der Waals surface area contributed by atoms with Gasteiger partial charge in [-0.3, -0.25) is 4.79 Å². The third kappa shape index (κ3) is 3.28. The summed E-state index contributed by atoms with van der Waals surface area (Å²) >= 11 is 4.48. The van der Waals surface area contributed by atoms with Gasteiger partial charge in [-0.05, 0) is 49.5 Å². The van der Waals surface area contributed by atoms with E-state index in [1.165, 1.54) is 0 Å². The van der Waals surface area contributed by atoms with Crippen LogP contribution in [-0.2, 0) is 9.31 Å². The van der Waals surface area contributed by atoms with Crippen molar-refractivity contribution in [3.63, 3.8) is 0 Å². The second-order valence-electron chi connectivity index (χ2n) is 7.37. The topological polar surface area (TPSA) is 35.5 Å². The summed E-state index contributed by atoms with van der Waals surface area (Å²) in [5.41, 5.74) is 1.61. The summed E-state index contributed by atoms with van der Waals surface area (Å²) in [6.45, 7) is 8.10. The Labute approximate surface area is 155 Å². The lowest BCUT2D eigenvalue weighted by molar-refractivity contribution is 0.00578. The molecule has 0 spiro atoms. The van der Waals surface area contributed by atoms with Crippen molar-refractivity contribution in [2.24, 2.45) is 0 Å². The van der Waals surface area contributed by atoms with Gasteiger partial charge in [0.1, 0.15) is 0 Å². The Morgan fingerprint density at radius 3 is 2.32 bits per heavy atom. The fraction of sp³-hybridized carbons (Fsp3) is 0.350. The Kier molecular flexibility index (Phi) is 4.84. The Hall–Kier alpha value is -1.56. The van der Waals surface area contributed by atoms with Crippen LogP contribution in [0.4, 0.5) is 0 Å². The molecule has 0 N–H and O–H groups in total. The maximum absolute atomic E-state index is 11.6. The van der Waals surface area contributed by atoms with Crippen LogP contribution in [-0.4, -0.2) is 30.4 Å². The van der Waals surface area contributed by atoms with Crippen LogP contribution in [0.3, 0.4) is 0 Å². The zero-order chi connectivity index (χ0) is 18.2. The van der Waals surface area contributed by atoms with Crippen molar-refractivity contribution in [3.8, 4) is 0 Å². The van der Waals surface area contributed by atoms with Crippen LogP contribution >= 0.6 is 12.6 Å². The number of aldehydes is 1. The van der Waals surface area contributed by atoms with Gasteiger partial charge in [-0.25, -0.2) is 0 Å². The van der Waals surface area contributed by atoms with Crippen LogP contribution in [0, 0.1) is 0 Å². The summed E-state index contributed by atoms with van der Waals surface area (Å²) in [5.74, 6) is 0.484. The van der Waals surface area contributed by atoms with Crippen molar-refractivity contribution in [2.75, 3.05) is 5.75 Å². The van der Waals surface area contributed by atoms with E-state index < -0.39 is 18.3 Å². The quantitative estimate of drug-likeness (QED) is 0.495. The molecule has 0 atom stereocenters. The van der Waals surface area contributed by atoms with Gasteiger partial charge in [0.2, 0.25) is 0 Å². The third-order valence-electron chi connectivity index (χ3n) is 5.20. The standard InChI is InChI=1S/C20H23BO3S/c1-19(2)20(3,4)24-21(23-19)16(13-25)11-18-15(12-22)10-9-14-7-5-6-8-17(14)18/h5-12,25H,13H2,1-4H3. The van der Waals surface area contributed by atoms with E-state index in [1.807, 2.05) is 70.2 Å². The zero-order valence-electron chi connectivity index (χ0n) is 15.1. The van der Waals surface area contributed by atoms with Crippen LogP contribution in [0.5, 0.6) is 0 Å². The second-order valence-corrected chi connectivity index (χ2v) is 7.69. The van der Waals surface area contributed by atoms with Gasteiger partial charge in [0.05, 0.1) is 11.2 Å². The molecule has 5 heteroatoms. The Bertz CT molecular complexity index is 826. The highest BCUT2D eigenvalue weighted by Gasteiger charge is 2.52. The highest BCUT2D eigenvalue weighted by Crippen LogP contribution is 2.39. The average molecular weight is 354 g/mol. The molecule has 1 aliphatic rings. The largest absolute Gasteiger partial charge is 0.491 e. The molecule has 130 valence electrons. The van der Waals surface area contributed by atoms with E-state index in [0.29, 0.717) is 11.3 Å². The smallest absolute Gasteiger partial charge is 0.400 e. The molecule has 3 nitrogen and oxygen atoms in total. The SMILES string of the molecule is CC1(C)OB(C(=Cc2c(C=O)ccc3ccccc23)CS)OC1(C)C. The average Bonchev–Trinajstić information content (AvgIpc) is 2.80. The molecule has 3 rings (SSSR count). The molecule has 2 aromatic carbocycles. The number of hydrogen-bond acceptors (Lipinski definition) is 4. The molecule has 2 aromatic rings. The Morgan fingerprint density at radius 1 is 1.08 bits per heavy atom. The molecule has 1 aliphatic heterocycles. The van der Waals surface area contributed by atoms with E-state index in [0.717, 1.165) is 28.1 Å². The molecular weight excluding hydrogens is 331 g/mol. The molecular formula is C20H23BO3S. The maximum atomic E-state index is 11.6. The summed E-state index contributed by atoms with van der Waals surface area (Å²) in [4.78, 5) is 11.6. The maximum Gasteiger partial charge on any atom is 0.491 e. The summed E-state index contributed by atoms with van der Waals surface area (Å²) in [6.07, 6.45) is 2.87. The van der Waals surface area contributed by atoms with Crippen molar-refractivity contribution in [2.45, 2.75) is 38.9 Å². The first kappa shape index (κ1) is 18.2. The van der Waals surface area contributed by atoms with Gasteiger partial charge in [0.25, 0.3) is 0 Å². The zero-order valence-corrected chi connectivity index (χ0v) is 16.0. The van der Waals surface area contributed by atoms with Crippen LogP contribution in [0.25, 0.3) is 16.8 Å². The molecule has 0 unspecified atom stereocenters. The normalized spacial score (nSPS) is 19.4. The number of hydrogen-bond donors (Lipinski definition) is 1. The van der Waals surface area contributed by atoms with Gasteiger partial charge in [0, 0.05) is 11.3 Å². The molecule has 1 fully saturated rings. The predicted octanol–water partition coefficient (Wildman–Crippen LogP) is 4.60. The van der Waals surface area contributed by atoms with Gasteiger partial charge in [0.15, 0.2) is 6.29 Å². The second kappa shape index (κ2) is 6.63. The van der Waals surface area contributed by atoms with Crippen molar-refractivity contribution in [3.05, 3.63) is 53.0 Å². The minimum Gasteiger partial charge on any atom is -0.400 e. The molecule has 25 heavy (non-hydrogen) atoms. The number of carbonyl (C=O) groups is 1. The first-order chi connectivity index (χ1) is 11.8. The van der Waals surface area contributed by atoms with Crippen molar-refractivity contribution in [1.29, 1.82) is 0 Å². The molecule has 0 aliphatic carbocycles. The van der Waals surface area contributed by atoms with Gasteiger partial charge >= 0.3 is 7.12 Å². The van der Waals surface area contributed by atoms with Crippen LogP contribution in [0.2, 0.25) is 0 Å². The molecule has 1 saturated heterocycles. The number of thiol groups is 1. The van der Waals surface area contributed by atoms with Crippen molar-refractivity contribution >= 4 is 42.9 Å². The van der Waals surface area contributed by atoms with E-state index in [-0.39, 0.29) is 0 Å². The summed E-state index contributed by atoms with van der Waals surface area (Å²) < 4.78 is 12.3. The molecule has 0 amide bonds. The molecule has 0 aromatic heterocycles. The summed E-state index contributed by atoms with van der Waals surface area (Å²) in [6, 6.07) is 11.8. The van der Waals surface area contributed by atoms with Gasteiger partial charge < -0.3 is 9.31 Å². The first-order valence-electron chi connectivity index (χ1n) is 8.43. The van der Waals surface area contributed by atoms with Crippen LogP contribution in [0.1, 0.15) is 43.6 Å². The molecule has 0 bridgehead atoms. The van der Waals surface area contributed by atoms with Crippen LogP contribution in [0.15, 0.2) is 41.9 Å². The fourth-order valence-electron chi connectivity index (χ4n) is 2.94.